The van der Waals surface area contributed by atoms with Gasteiger partial charge in [-0.2, -0.15) is 0 Å². The molecule has 0 aliphatic rings. The first-order valence-corrected chi connectivity index (χ1v) is 15.3. The number of nitrogens with zero attached hydrogens (tertiary/aromatic N) is 2. The molecule has 10 heteroatoms. The second-order valence-corrected chi connectivity index (χ2v) is 12.3. The molecule has 220 valence electrons. The second kappa shape index (κ2) is 13.9. The molecule has 0 heterocycles. The van der Waals surface area contributed by atoms with E-state index in [9.17, 15) is 18.0 Å². The number of aryl methyl sites for hydroxylation is 1. The van der Waals surface area contributed by atoms with Gasteiger partial charge in [0.2, 0.25) is 11.8 Å². The number of rotatable bonds is 12. The Morgan fingerprint density at radius 2 is 1.66 bits per heavy atom. The smallest absolute Gasteiger partial charge is 0.264 e. The molecule has 0 saturated carbocycles. The number of sulfonamides is 1. The van der Waals surface area contributed by atoms with Crippen molar-refractivity contribution in [2.45, 2.75) is 64.6 Å². The highest BCUT2D eigenvalue weighted by molar-refractivity contribution is 7.92. The Morgan fingerprint density at radius 1 is 1.00 bits per heavy atom. The molecule has 0 aliphatic heterocycles. The van der Waals surface area contributed by atoms with Crippen molar-refractivity contribution in [3.63, 3.8) is 0 Å². The van der Waals surface area contributed by atoms with Crippen LogP contribution in [0.25, 0.3) is 0 Å². The number of carbonyl (C=O) groups excluding carboxylic acids is 2. The van der Waals surface area contributed by atoms with Gasteiger partial charge >= 0.3 is 0 Å². The summed E-state index contributed by atoms with van der Waals surface area (Å²) in [7, 11) is -2.64. The van der Waals surface area contributed by atoms with E-state index in [-0.39, 0.29) is 29.1 Å². The molecule has 3 rings (SSSR count). The second-order valence-electron chi connectivity index (χ2n) is 10.1. The summed E-state index contributed by atoms with van der Waals surface area (Å²) in [5.74, 6) is -0.276. The van der Waals surface area contributed by atoms with Crippen LogP contribution < -0.4 is 14.4 Å². The van der Waals surface area contributed by atoms with Crippen molar-refractivity contribution in [2.24, 2.45) is 0 Å². The minimum atomic E-state index is -4.18. The van der Waals surface area contributed by atoms with Crippen LogP contribution in [-0.2, 0) is 26.2 Å². The van der Waals surface area contributed by atoms with Gasteiger partial charge in [0.05, 0.1) is 17.7 Å². The third-order valence-electron chi connectivity index (χ3n) is 7.05. The molecule has 3 aromatic carbocycles. The number of benzene rings is 3. The SMILES string of the molecule is CC[C@H](C)NC(=O)[C@H](C)N(Cc1cccc(OC)c1)C(=O)CN(c1cccc(Cl)c1C)S(=O)(=O)c1ccc(C)cc1. The molecular weight excluding hydrogens is 562 g/mol. The van der Waals surface area contributed by atoms with E-state index in [2.05, 4.69) is 5.32 Å². The van der Waals surface area contributed by atoms with Crippen molar-refractivity contribution in [2.75, 3.05) is 18.0 Å². The third-order valence-corrected chi connectivity index (χ3v) is 9.23. The first kappa shape index (κ1) is 32.0. The largest absolute Gasteiger partial charge is 0.497 e. The lowest BCUT2D eigenvalue weighted by atomic mass is 10.1. The lowest BCUT2D eigenvalue weighted by molar-refractivity contribution is -0.139. The fraction of sp³-hybridized carbons (Fsp3) is 0.355. The van der Waals surface area contributed by atoms with E-state index in [0.717, 1.165) is 21.9 Å². The van der Waals surface area contributed by atoms with Gasteiger partial charge in [-0.15, -0.1) is 0 Å². The zero-order valence-electron chi connectivity index (χ0n) is 24.3. The van der Waals surface area contributed by atoms with Gasteiger partial charge in [-0.3, -0.25) is 13.9 Å². The van der Waals surface area contributed by atoms with Gasteiger partial charge in [0.25, 0.3) is 10.0 Å². The first-order chi connectivity index (χ1) is 19.4. The van der Waals surface area contributed by atoms with Crippen LogP contribution in [0.2, 0.25) is 5.02 Å². The summed E-state index contributed by atoms with van der Waals surface area (Å²) >= 11 is 6.38. The van der Waals surface area contributed by atoms with Crippen molar-refractivity contribution in [1.82, 2.24) is 10.2 Å². The van der Waals surface area contributed by atoms with Crippen LogP contribution in [0, 0.1) is 13.8 Å². The van der Waals surface area contributed by atoms with Crippen LogP contribution in [0.4, 0.5) is 5.69 Å². The quantitative estimate of drug-likeness (QED) is 0.297. The van der Waals surface area contributed by atoms with Crippen LogP contribution >= 0.6 is 11.6 Å². The molecule has 0 spiro atoms. The molecule has 0 aliphatic carbocycles. The average Bonchev–Trinajstić information content (AvgIpc) is 2.95. The van der Waals surface area contributed by atoms with Crippen molar-refractivity contribution in [3.8, 4) is 5.75 Å². The molecule has 0 aromatic heterocycles. The third kappa shape index (κ3) is 7.80. The zero-order valence-corrected chi connectivity index (χ0v) is 25.9. The predicted octanol–water partition coefficient (Wildman–Crippen LogP) is 5.49. The average molecular weight is 600 g/mol. The maximum absolute atomic E-state index is 14.1. The molecule has 2 atom stereocenters. The summed E-state index contributed by atoms with van der Waals surface area (Å²) in [6, 6.07) is 17.6. The molecular formula is C31H38ClN3O5S. The number of methoxy groups -OCH3 is 1. The van der Waals surface area contributed by atoms with Gasteiger partial charge in [0.1, 0.15) is 18.3 Å². The predicted molar refractivity (Wildman–Crippen MR) is 163 cm³/mol. The Morgan fingerprint density at radius 3 is 2.29 bits per heavy atom. The van der Waals surface area contributed by atoms with Crippen LogP contribution in [0.15, 0.2) is 71.6 Å². The monoisotopic (exact) mass is 599 g/mol. The molecule has 8 nitrogen and oxygen atoms in total. The number of anilines is 1. The van der Waals surface area contributed by atoms with Gasteiger partial charge in [-0.05, 0) is 81.6 Å². The fourth-order valence-corrected chi connectivity index (χ4v) is 5.87. The Hall–Kier alpha value is -3.56. The van der Waals surface area contributed by atoms with Gasteiger partial charge < -0.3 is 15.0 Å². The topological polar surface area (TPSA) is 96.0 Å². The number of hydrogen-bond donors (Lipinski definition) is 1. The number of nitrogens with one attached hydrogen (secondary N) is 1. The summed E-state index contributed by atoms with van der Waals surface area (Å²) in [4.78, 5) is 28.7. The van der Waals surface area contributed by atoms with Gasteiger partial charge in [0.15, 0.2) is 0 Å². The summed E-state index contributed by atoms with van der Waals surface area (Å²) < 4.78 is 34.4. The minimum absolute atomic E-state index is 0.0391. The van der Waals surface area contributed by atoms with Crippen molar-refractivity contribution >= 4 is 39.1 Å². The summed E-state index contributed by atoms with van der Waals surface area (Å²) in [6.07, 6.45) is 0.721. The summed E-state index contributed by atoms with van der Waals surface area (Å²) in [6.45, 7) is 8.57. The lowest BCUT2D eigenvalue weighted by Gasteiger charge is -2.33. The Kier molecular flexibility index (Phi) is 10.8. The summed E-state index contributed by atoms with van der Waals surface area (Å²) in [5.41, 5.74) is 2.42. The number of hydrogen-bond acceptors (Lipinski definition) is 5. The van der Waals surface area contributed by atoms with E-state index < -0.39 is 28.5 Å². The first-order valence-electron chi connectivity index (χ1n) is 13.5. The van der Waals surface area contributed by atoms with Crippen molar-refractivity contribution in [3.05, 3.63) is 88.4 Å². The van der Waals surface area contributed by atoms with E-state index in [0.29, 0.717) is 16.3 Å². The molecule has 0 fully saturated rings. The van der Waals surface area contributed by atoms with E-state index in [1.54, 1.807) is 69.5 Å². The molecule has 0 bridgehead atoms. The molecule has 0 unspecified atom stereocenters. The number of ether oxygens (including phenoxy) is 1. The van der Waals surface area contributed by atoms with Crippen LogP contribution in [0.1, 0.15) is 43.9 Å². The van der Waals surface area contributed by atoms with E-state index in [4.69, 9.17) is 16.3 Å². The standard InChI is InChI=1S/C31H38ClN3O5S/c1-7-22(3)33-31(37)24(5)34(19-25-10-8-11-26(18-25)40-6)30(36)20-35(29-13-9-12-28(32)23(29)4)41(38,39)27-16-14-21(2)15-17-27/h8-18,22,24H,7,19-20H2,1-6H3,(H,33,37)/t22-,24-/m0/s1. The molecule has 1 N–H and O–H groups in total. The maximum Gasteiger partial charge on any atom is 0.264 e. The van der Waals surface area contributed by atoms with E-state index >= 15 is 0 Å². The van der Waals surface area contributed by atoms with E-state index in [1.807, 2.05) is 26.8 Å². The van der Waals surface area contributed by atoms with Crippen molar-refractivity contribution < 1.29 is 22.7 Å². The Balaban J connectivity index is 2.08. The number of amides is 2. The minimum Gasteiger partial charge on any atom is -0.497 e. The fourth-order valence-electron chi connectivity index (χ4n) is 4.23. The maximum atomic E-state index is 14.1. The highest BCUT2D eigenvalue weighted by Gasteiger charge is 2.33. The van der Waals surface area contributed by atoms with Gasteiger partial charge in [0, 0.05) is 17.6 Å². The van der Waals surface area contributed by atoms with E-state index in [1.165, 1.54) is 17.0 Å². The molecule has 41 heavy (non-hydrogen) atoms. The molecule has 0 radical (unpaired) electrons. The highest BCUT2D eigenvalue weighted by atomic mass is 35.5. The summed E-state index contributed by atoms with van der Waals surface area (Å²) in [5, 5.41) is 3.30. The number of halogens is 1. The van der Waals surface area contributed by atoms with Crippen LogP contribution in [0.3, 0.4) is 0 Å². The van der Waals surface area contributed by atoms with Gasteiger partial charge in [-0.25, -0.2) is 8.42 Å². The van der Waals surface area contributed by atoms with Crippen LogP contribution in [0.5, 0.6) is 5.75 Å². The Bertz CT molecular complexity index is 1480. The Labute approximate surface area is 248 Å². The normalized spacial score (nSPS) is 12.8. The highest BCUT2D eigenvalue weighted by Crippen LogP contribution is 2.31. The zero-order chi connectivity index (χ0) is 30.3. The molecule has 3 aromatic rings. The van der Waals surface area contributed by atoms with Crippen LogP contribution in [-0.4, -0.2) is 50.9 Å². The van der Waals surface area contributed by atoms with Gasteiger partial charge in [-0.1, -0.05) is 54.4 Å². The van der Waals surface area contributed by atoms with Crippen molar-refractivity contribution in [1.29, 1.82) is 0 Å². The molecule has 0 saturated heterocycles. The lowest BCUT2D eigenvalue weighted by Crippen LogP contribution is -2.52. The molecule has 2 amide bonds. The number of carbonyl (C=O) groups is 2.